The first-order chi connectivity index (χ1) is 9.50. The van der Waals surface area contributed by atoms with Crippen LogP contribution in [0, 0.1) is 0 Å². The van der Waals surface area contributed by atoms with Crippen LogP contribution in [0.2, 0.25) is 0 Å². The van der Waals surface area contributed by atoms with Gasteiger partial charge < -0.3 is 4.90 Å². The van der Waals surface area contributed by atoms with Crippen LogP contribution < -0.4 is 5.56 Å². The third-order valence-electron chi connectivity index (χ3n) is 3.23. The largest absolute Gasteiger partial charge is 0.309 e. The molecule has 0 aliphatic rings. The maximum atomic E-state index is 12.6. The number of alkyl halides is 1. The highest BCUT2D eigenvalue weighted by molar-refractivity contribution is 6.20. The summed E-state index contributed by atoms with van der Waals surface area (Å²) in [6.07, 6.45) is 0.892. The van der Waals surface area contributed by atoms with Gasteiger partial charge in [0.15, 0.2) is 0 Å². The molecule has 1 aromatic carbocycles. The number of nitrogens with zero attached hydrogens (tertiary/aromatic N) is 3. The number of rotatable bonds is 5. The zero-order valence-electron chi connectivity index (χ0n) is 12.1. The summed E-state index contributed by atoms with van der Waals surface area (Å²) < 4.78 is 1.71. The second kappa shape index (κ2) is 6.37. The maximum absolute atomic E-state index is 12.6. The number of halogens is 1. The molecule has 0 N–H and O–H groups in total. The number of fused-ring (bicyclic) bond motifs is 1. The summed E-state index contributed by atoms with van der Waals surface area (Å²) in [7, 11) is 4.04. The van der Waals surface area contributed by atoms with Gasteiger partial charge in [0, 0.05) is 6.54 Å². The van der Waals surface area contributed by atoms with Crippen LogP contribution >= 0.6 is 11.6 Å². The summed E-state index contributed by atoms with van der Waals surface area (Å²) in [6.45, 7) is 3.41. The first-order valence-corrected chi connectivity index (χ1v) is 7.22. The quantitative estimate of drug-likeness (QED) is 0.796. The zero-order chi connectivity index (χ0) is 14.7. The van der Waals surface area contributed by atoms with Crippen LogP contribution in [0.1, 0.15) is 24.5 Å². The molecule has 0 radical (unpaired) electrons. The summed E-state index contributed by atoms with van der Waals surface area (Å²) >= 11 is 6.19. The van der Waals surface area contributed by atoms with E-state index in [1.54, 1.807) is 4.57 Å². The summed E-state index contributed by atoms with van der Waals surface area (Å²) in [4.78, 5) is 19.2. The van der Waals surface area contributed by atoms with E-state index in [1.165, 1.54) is 0 Å². The second-order valence-electron chi connectivity index (χ2n) is 5.22. The fourth-order valence-electron chi connectivity index (χ4n) is 2.25. The number of hydrogen-bond acceptors (Lipinski definition) is 3. The standard InChI is InChI=1S/C15H20ClN3O/c1-11(16)14-17-13-8-5-4-7-12(13)15(20)19(14)10-6-9-18(2)3/h4-5,7-8,11H,6,9-10H2,1-3H3. The van der Waals surface area contributed by atoms with E-state index in [0.717, 1.165) is 13.0 Å². The smallest absolute Gasteiger partial charge is 0.261 e. The van der Waals surface area contributed by atoms with Crippen molar-refractivity contribution in [1.29, 1.82) is 0 Å². The molecule has 0 aliphatic heterocycles. The van der Waals surface area contributed by atoms with Crippen molar-refractivity contribution < 1.29 is 0 Å². The highest BCUT2D eigenvalue weighted by Gasteiger charge is 2.14. The third kappa shape index (κ3) is 3.19. The molecular weight excluding hydrogens is 274 g/mol. The molecule has 20 heavy (non-hydrogen) atoms. The minimum absolute atomic E-state index is 0.00291. The van der Waals surface area contributed by atoms with Crippen LogP contribution in [0.15, 0.2) is 29.1 Å². The van der Waals surface area contributed by atoms with Gasteiger partial charge in [0.1, 0.15) is 5.82 Å². The molecule has 0 bridgehead atoms. The third-order valence-corrected chi connectivity index (χ3v) is 3.43. The van der Waals surface area contributed by atoms with Crippen molar-refractivity contribution in [1.82, 2.24) is 14.5 Å². The van der Waals surface area contributed by atoms with E-state index in [2.05, 4.69) is 9.88 Å². The van der Waals surface area contributed by atoms with Crippen LogP contribution in [-0.2, 0) is 6.54 Å². The molecule has 4 nitrogen and oxygen atoms in total. The molecule has 1 atom stereocenters. The summed E-state index contributed by atoms with van der Waals surface area (Å²) in [6, 6.07) is 7.41. The molecule has 1 heterocycles. The molecule has 1 unspecified atom stereocenters. The highest BCUT2D eigenvalue weighted by Crippen LogP contribution is 2.18. The van der Waals surface area contributed by atoms with Crippen LogP contribution in [-0.4, -0.2) is 35.1 Å². The zero-order valence-corrected chi connectivity index (χ0v) is 12.9. The fraction of sp³-hybridized carbons (Fsp3) is 0.467. The van der Waals surface area contributed by atoms with Gasteiger partial charge in [-0.25, -0.2) is 4.98 Å². The van der Waals surface area contributed by atoms with Gasteiger partial charge in [0.25, 0.3) is 5.56 Å². The van der Waals surface area contributed by atoms with Crippen LogP contribution in [0.5, 0.6) is 0 Å². The van der Waals surface area contributed by atoms with Crippen molar-refractivity contribution in [3.8, 4) is 0 Å². The molecule has 0 fully saturated rings. The van der Waals surface area contributed by atoms with Crippen LogP contribution in [0.25, 0.3) is 10.9 Å². The minimum Gasteiger partial charge on any atom is -0.309 e. The number of para-hydroxylation sites is 1. The van der Waals surface area contributed by atoms with Gasteiger partial charge >= 0.3 is 0 Å². The highest BCUT2D eigenvalue weighted by atomic mass is 35.5. The molecular formula is C15H20ClN3O. The fourth-order valence-corrected chi connectivity index (χ4v) is 2.42. The first-order valence-electron chi connectivity index (χ1n) is 6.79. The second-order valence-corrected chi connectivity index (χ2v) is 5.87. The Labute approximate surface area is 124 Å². The van der Waals surface area contributed by atoms with Gasteiger partial charge in [0.05, 0.1) is 16.3 Å². The van der Waals surface area contributed by atoms with Gasteiger partial charge in [-0.1, -0.05) is 12.1 Å². The Bertz CT molecular complexity index is 649. The van der Waals surface area contributed by atoms with E-state index in [1.807, 2.05) is 45.3 Å². The Hall–Kier alpha value is -1.39. The van der Waals surface area contributed by atoms with E-state index in [4.69, 9.17) is 11.6 Å². The van der Waals surface area contributed by atoms with Crippen molar-refractivity contribution in [3.05, 3.63) is 40.4 Å². The molecule has 108 valence electrons. The Balaban J connectivity index is 2.47. The molecule has 2 aromatic rings. The first kappa shape index (κ1) is 15.0. The topological polar surface area (TPSA) is 38.1 Å². The summed E-state index contributed by atoms with van der Waals surface area (Å²) in [5.74, 6) is 0.647. The number of aromatic nitrogens is 2. The molecule has 0 saturated heterocycles. The lowest BCUT2D eigenvalue weighted by atomic mass is 10.2. The van der Waals surface area contributed by atoms with Gasteiger partial charge in [-0.05, 0) is 46.1 Å². The molecule has 0 saturated carbocycles. The normalized spacial score (nSPS) is 13.1. The van der Waals surface area contributed by atoms with Crippen LogP contribution in [0.3, 0.4) is 0 Å². The van der Waals surface area contributed by atoms with E-state index in [0.29, 0.717) is 23.3 Å². The van der Waals surface area contributed by atoms with E-state index >= 15 is 0 Å². The van der Waals surface area contributed by atoms with Crippen molar-refractivity contribution in [2.45, 2.75) is 25.3 Å². The van der Waals surface area contributed by atoms with Crippen LogP contribution in [0.4, 0.5) is 0 Å². The monoisotopic (exact) mass is 293 g/mol. The molecule has 1 aromatic heterocycles. The molecule has 0 spiro atoms. The molecule has 0 aliphatic carbocycles. The average molecular weight is 294 g/mol. The SMILES string of the molecule is CC(Cl)c1nc2ccccc2c(=O)n1CCCN(C)C. The van der Waals surface area contributed by atoms with Crippen molar-refractivity contribution in [3.63, 3.8) is 0 Å². The van der Waals surface area contributed by atoms with Gasteiger partial charge in [-0.15, -0.1) is 11.6 Å². The Kier molecular flexibility index (Phi) is 4.78. The van der Waals surface area contributed by atoms with Crippen molar-refractivity contribution >= 4 is 22.5 Å². The molecule has 2 rings (SSSR count). The van der Waals surface area contributed by atoms with Gasteiger partial charge in [0.2, 0.25) is 0 Å². The van der Waals surface area contributed by atoms with E-state index < -0.39 is 0 Å². The lowest BCUT2D eigenvalue weighted by Crippen LogP contribution is -2.27. The van der Waals surface area contributed by atoms with E-state index in [-0.39, 0.29) is 10.9 Å². The van der Waals surface area contributed by atoms with Crippen molar-refractivity contribution in [2.75, 3.05) is 20.6 Å². The van der Waals surface area contributed by atoms with Gasteiger partial charge in [-0.3, -0.25) is 9.36 Å². The average Bonchev–Trinajstić information content (AvgIpc) is 2.40. The number of hydrogen-bond donors (Lipinski definition) is 0. The van der Waals surface area contributed by atoms with Gasteiger partial charge in [-0.2, -0.15) is 0 Å². The lowest BCUT2D eigenvalue weighted by Gasteiger charge is -2.16. The summed E-state index contributed by atoms with van der Waals surface area (Å²) in [5, 5.41) is 0.366. The Morgan fingerprint density at radius 3 is 2.70 bits per heavy atom. The summed E-state index contributed by atoms with van der Waals surface area (Å²) in [5.41, 5.74) is 0.709. The van der Waals surface area contributed by atoms with E-state index in [9.17, 15) is 4.79 Å². The Morgan fingerprint density at radius 2 is 2.05 bits per heavy atom. The molecule has 0 amide bonds. The minimum atomic E-state index is -0.285. The predicted octanol–water partition coefficient (Wildman–Crippen LogP) is 2.65. The predicted molar refractivity (Wildman–Crippen MR) is 83.4 cm³/mol. The lowest BCUT2D eigenvalue weighted by molar-refractivity contribution is 0.382. The maximum Gasteiger partial charge on any atom is 0.261 e. The number of benzene rings is 1. The molecule has 5 heteroatoms. The Morgan fingerprint density at radius 1 is 1.35 bits per heavy atom. The van der Waals surface area contributed by atoms with Crippen molar-refractivity contribution in [2.24, 2.45) is 0 Å².